The molecular weight excluding hydrogens is 321 g/mol. The Morgan fingerprint density at radius 3 is 2.38 bits per heavy atom. The SMILES string of the molecule is CCc1nn(C)c(CC)c1CNC(=O)N1CCC(C(F)(F)F)CC1. The largest absolute Gasteiger partial charge is 0.391 e. The van der Waals surface area contributed by atoms with E-state index in [1.807, 2.05) is 25.6 Å². The Labute approximate surface area is 140 Å². The van der Waals surface area contributed by atoms with Gasteiger partial charge >= 0.3 is 12.2 Å². The van der Waals surface area contributed by atoms with E-state index in [9.17, 15) is 18.0 Å². The van der Waals surface area contributed by atoms with Crippen LogP contribution in [0.3, 0.4) is 0 Å². The summed E-state index contributed by atoms with van der Waals surface area (Å²) in [5.41, 5.74) is 3.04. The lowest BCUT2D eigenvalue weighted by molar-refractivity contribution is -0.183. The van der Waals surface area contributed by atoms with Crippen molar-refractivity contribution in [1.29, 1.82) is 0 Å². The van der Waals surface area contributed by atoms with Gasteiger partial charge in [-0.2, -0.15) is 18.3 Å². The maximum absolute atomic E-state index is 12.7. The summed E-state index contributed by atoms with van der Waals surface area (Å²) in [6.45, 7) is 4.69. The maximum atomic E-state index is 12.7. The molecule has 0 unspecified atom stereocenters. The number of rotatable bonds is 4. The van der Waals surface area contributed by atoms with Crippen molar-refractivity contribution in [1.82, 2.24) is 20.0 Å². The van der Waals surface area contributed by atoms with E-state index in [2.05, 4.69) is 10.4 Å². The average Bonchev–Trinajstić information content (AvgIpc) is 2.86. The first-order valence-corrected chi connectivity index (χ1v) is 8.41. The molecule has 0 radical (unpaired) electrons. The average molecular weight is 346 g/mol. The molecule has 1 aromatic heterocycles. The summed E-state index contributed by atoms with van der Waals surface area (Å²) in [4.78, 5) is 13.7. The van der Waals surface area contributed by atoms with Gasteiger partial charge in [-0.25, -0.2) is 4.79 Å². The number of carbonyl (C=O) groups is 1. The Morgan fingerprint density at radius 2 is 1.88 bits per heavy atom. The summed E-state index contributed by atoms with van der Waals surface area (Å²) in [7, 11) is 1.88. The van der Waals surface area contributed by atoms with Crippen LogP contribution in [0.4, 0.5) is 18.0 Å². The van der Waals surface area contributed by atoms with E-state index in [-0.39, 0.29) is 32.0 Å². The summed E-state index contributed by atoms with van der Waals surface area (Å²) in [6.07, 6.45) is -2.62. The van der Waals surface area contributed by atoms with Crippen LogP contribution in [0.1, 0.15) is 43.6 Å². The number of nitrogens with zero attached hydrogens (tertiary/aromatic N) is 3. The van der Waals surface area contributed by atoms with Crippen LogP contribution in [0.15, 0.2) is 0 Å². The van der Waals surface area contributed by atoms with E-state index in [0.29, 0.717) is 6.54 Å². The van der Waals surface area contributed by atoms with Gasteiger partial charge in [0.25, 0.3) is 0 Å². The molecule has 136 valence electrons. The molecule has 0 bridgehead atoms. The van der Waals surface area contributed by atoms with Crippen molar-refractivity contribution in [3.63, 3.8) is 0 Å². The number of hydrogen-bond acceptors (Lipinski definition) is 2. The topological polar surface area (TPSA) is 50.2 Å². The number of halogens is 3. The first kappa shape index (κ1) is 18.6. The van der Waals surface area contributed by atoms with Crippen LogP contribution in [0.5, 0.6) is 0 Å². The molecule has 1 fully saturated rings. The van der Waals surface area contributed by atoms with Gasteiger partial charge in [0.1, 0.15) is 0 Å². The number of hydrogen-bond donors (Lipinski definition) is 1. The van der Waals surface area contributed by atoms with Gasteiger partial charge in [0, 0.05) is 37.9 Å². The minimum Gasteiger partial charge on any atom is -0.334 e. The highest BCUT2D eigenvalue weighted by atomic mass is 19.4. The standard InChI is InChI=1S/C16H25F3N4O/c1-4-13-12(14(5-2)22(3)21-13)10-20-15(24)23-8-6-11(7-9-23)16(17,18)19/h11H,4-10H2,1-3H3,(H,20,24). The fraction of sp³-hybridized carbons (Fsp3) is 0.750. The monoisotopic (exact) mass is 346 g/mol. The van der Waals surface area contributed by atoms with Gasteiger partial charge in [-0.15, -0.1) is 0 Å². The van der Waals surface area contributed by atoms with Crippen LogP contribution >= 0.6 is 0 Å². The fourth-order valence-electron chi connectivity index (χ4n) is 3.28. The lowest BCUT2D eigenvalue weighted by Crippen LogP contribution is -2.46. The second kappa shape index (κ2) is 7.44. The van der Waals surface area contributed by atoms with Crippen LogP contribution in [0, 0.1) is 5.92 Å². The number of amides is 2. The molecule has 1 N–H and O–H groups in total. The second-order valence-corrected chi connectivity index (χ2v) is 6.16. The molecule has 5 nitrogen and oxygen atoms in total. The van der Waals surface area contributed by atoms with E-state index in [1.165, 1.54) is 4.90 Å². The van der Waals surface area contributed by atoms with Crippen molar-refractivity contribution >= 4 is 6.03 Å². The van der Waals surface area contributed by atoms with Crippen molar-refractivity contribution in [2.45, 2.75) is 52.3 Å². The summed E-state index contributed by atoms with van der Waals surface area (Å²) in [5, 5.41) is 7.29. The van der Waals surface area contributed by atoms with Crippen molar-refractivity contribution in [3.8, 4) is 0 Å². The highest BCUT2D eigenvalue weighted by molar-refractivity contribution is 5.74. The van der Waals surface area contributed by atoms with Gasteiger partial charge < -0.3 is 10.2 Å². The first-order valence-electron chi connectivity index (χ1n) is 8.41. The number of urea groups is 1. The van der Waals surface area contributed by atoms with E-state index >= 15 is 0 Å². The Hall–Kier alpha value is -1.73. The zero-order chi connectivity index (χ0) is 17.9. The number of piperidine rings is 1. The van der Waals surface area contributed by atoms with E-state index < -0.39 is 12.1 Å². The first-order chi connectivity index (χ1) is 11.3. The summed E-state index contributed by atoms with van der Waals surface area (Å²) in [5.74, 6) is -1.29. The molecule has 1 saturated heterocycles. The van der Waals surface area contributed by atoms with Gasteiger partial charge in [-0.05, 0) is 25.7 Å². The van der Waals surface area contributed by atoms with E-state index in [1.54, 1.807) is 0 Å². The third-order valence-corrected chi connectivity index (χ3v) is 4.69. The highest BCUT2D eigenvalue weighted by Crippen LogP contribution is 2.34. The van der Waals surface area contributed by atoms with Gasteiger partial charge in [0.2, 0.25) is 0 Å². The van der Waals surface area contributed by atoms with Gasteiger partial charge in [-0.3, -0.25) is 4.68 Å². The van der Waals surface area contributed by atoms with Crippen molar-refractivity contribution in [2.75, 3.05) is 13.1 Å². The summed E-state index contributed by atoms with van der Waals surface area (Å²) < 4.78 is 39.9. The Kier molecular flexibility index (Phi) is 5.77. The Bertz CT molecular complexity index is 575. The maximum Gasteiger partial charge on any atom is 0.391 e. The quantitative estimate of drug-likeness (QED) is 0.911. The number of alkyl halides is 3. The van der Waals surface area contributed by atoms with Gasteiger partial charge in [-0.1, -0.05) is 13.8 Å². The molecule has 0 spiro atoms. The zero-order valence-corrected chi connectivity index (χ0v) is 14.4. The minimum atomic E-state index is -4.16. The van der Waals surface area contributed by atoms with E-state index in [0.717, 1.165) is 29.8 Å². The highest BCUT2D eigenvalue weighted by Gasteiger charge is 2.41. The zero-order valence-electron chi connectivity index (χ0n) is 14.4. The van der Waals surface area contributed by atoms with Gasteiger partial charge in [0.05, 0.1) is 11.6 Å². The van der Waals surface area contributed by atoms with Crippen LogP contribution in [-0.2, 0) is 26.4 Å². The third-order valence-electron chi connectivity index (χ3n) is 4.69. The number of carbonyl (C=O) groups excluding carboxylic acids is 1. The molecule has 1 aromatic rings. The van der Waals surface area contributed by atoms with Crippen LogP contribution in [0.2, 0.25) is 0 Å². The minimum absolute atomic E-state index is 0.0236. The summed E-state index contributed by atoms with van der Waals surface area (Å²) >= 11 is 0. The van der Waals surface area contributed by atoms with Crippen LogP contribution in [0.25, 0.3) is 0 Å². The molecule has 1 aliphatic heterocycles. The molecular formula is C16H25F3N4O. The molecule has 24 heavy (non-hydrogen) atoms. The molecule has 2 heterocycles. The van der Waals surface area contributed by atoms with Crippen molar-refractivity contribution in [2.24, 2.45) is 13.0 Å². The molecule has 2 rings (SSSR count). The number of aromatic nitrogens is 2. The molecule has 1 aliphatic rings. The summed E-state index contributed by atoms with van der Waals surface area (Å²) in [6, 6.07) is -0.302. The smallest absolute Gasteiger partial charge is 0.334 e. The molecule has 0 saturated carbocycles. The predicted molar refractivity (Wildman–Crippen MR) is 84.6 cm³/mol. The Balaban J connectivity index is 1.93. The second-order valence-electron chi connectivity index (χ2n) is 6.16. The van der Waals surface area contributed by atoms with Gasteiger partial charge in [0.15, 0.2) is 0 Å². The Morgan fingerprint density at radius 1 is 1.25 bits per heavy atom. The molecule has 8 heteroatoms. The number of nitrogens with one attached hydrogen (secondary N) is 1. The predicted octanol–water partition coefficient (Wildman–Crippen LogP) is 3.03. The van der Waals surface area contributed by atoms with Crippen molar-refractivity contribution < 1.29 is 18.0 Å². The molecule has 2 amide bonds. The third kappa shape index (κ3) is 4.02. The number of aryl methyl sites for hydroxylation is 2. The number of likely N-dealkylation sites (tertiary alicyclic amines) is 1. The lowest BCUT2D eigenvalue weighted by atomic mass is 9.96. The fourth-order valence-corrected chi connectivity index (χ4v) is 3.28. The molecule has 0 aromatic carbocycles. The van der Waals surface area contributed by atoms with Crippen LogP contribution < -0.4 is 5.32 Å². The van der Waals surface area contributed by atoms with Crippen LogP contribution in [-0.4, -0.2) is 40.0 Å². The van der Waals surface area contributed by atoms with Crippen molar-refractivity contribution in [3.05, 3.63) is 17.0 Å². The lowest BCUT2D eigenvalue weighted by Gasteiger charge is -2.32. The molecule has 0 aliphatic carbocycles. The molecule has 0 atom stereocenters. The normalized spacial score (nSPS) is 16.5. The van der Waals surface area contributed by atoms with E-state index in [4.69, 9.17) is 0 Å².